The van der Waals surface area contributed by atoms with E-state index in [2.05, 4.69) is 51.4 Å². The number of hydrogen-bond acceptors (Lipinski definition) is 8. The molecule has 3 heterocycles. The second-order valence-electron chi connectivity index (χ2n) is 12.7. The summed E-state index contributed by atoms with van der Waals surface area (Å²) in [6.45, 7) is 12.8. The molecular formula is C31H44N6O5. The summed E-state index contributed by atoms with van der Waals surface area (Å²) >= 11 is 0. The number of nitrogens with zero attached hydrogens (tertiary/aromatic N) is 5. The number of hydrogen-bond donors (Lipinski definition) is 2. The van der Waals surface area contributed by atoms with E-state index in [9.17, 15) is 14.7 Å². The molecule has 0 bridgehead atoms. The van der Waals surface area contributed by atoms with Gasteiger partial charge in [-0.05, 0) is 64.2 Å². The third kappa shape index (κ3) is 7.30. The lowest BCUT2D eigenvalue weighted by molar-refractivity contribution is -0.0618. The van der Waals surface area contributed by atoms with Gasteiger partial charge in [0.15, 0.2) is 0 Å². The first-order valence-electron chi connectivity index (χ1n) is 15.0. The smallest absolute Gasteiger partial charge is 0.416 e. The van der Waals surface area contributed by atoms with Gasteiger partial charge in [-0.3, -0.25) is 9.80 Å². The second-order valence-corrected chi connectivity index (χ2v) is 12.7. The van der Waals surface area contributed by atoms with Gasteiger partial charge in [0.05, 0.1) is 17.7 Å². The summed E-state index contributed by atoms with van der Waals surface area (Å²) in [7, 11) is 0. The van der Waals surface area contributed by atoms with Crippen molar-refractivity contribution in [1.82, 2.24) is 19.8 Å². The van der Waals surface area contributed by atoms with E-state index in [0.29, 0.717) is 30.9 Å². The van der Waals surface area contributed by atoms with Gasteiger partial charge in [-0.15, -0.1) is 0 Å². The van der Waals surface area contributed by atoms with Gasteiger partial charge in [-0.25, -0.2) is 14.6 Å². The lowest BCUT2D eigenvalue weighted by Gasteiger charge is -2.38. The highest BCUT2D eigenvalue weighted by atomic mass is 16.6. The van der Waals surface area contributed by atoms with Crippen LogP contribution in [0.2, 0.25) is 0 Å². The van der Waals surface area contributed by atoms with Crippen molar-refractivity contribution < 1.29 is 24.2 Å². The third-order valence-corrected chi connectivity index (χ3v) is 8.32. The molecule has 42 heavy (non-hydrogen) atoms. The zero-order valence-corrected chi connectivity index (χ0v) is 25.3. The molecule has 4 atom stereocenters. The number of ether oxygens (including phenoxy) is 2. The monoisotopic (exact) mass is 580 g/mol. The van der Waals surface area contributed by atoms with Crippen molar-refractivity contribution in [2.45, 2.75) is 83.7 Å². The molecule has 0 spiro atoms. The van der Waals surface area contributed by atoms with Crippen molar-refractivity contribution in [3.63, 3.8) is 0 Å². The van der Waals surface area contributed by atoms with E-state index in [0.717, 1.165) is 31.0 Å². The molecule has 2 saturated heterocycles. The number of rotatable bonds is 10. The Bertz CT molecular complexity index is 1240. The van der Waals surface area contributed by atoms with E-state index in [1.807, 2.05) is 27.7 Å². The maximum Gasteiger partial charge on any atom is 0.416 e. The number of nitrogens with one attached hydrogen (secondary N) is 1. The zero-order valence-electron chi connectivity index (χ0n) is 25.3. The zero-order chi connectivity index (χ0) is 30.0. The molecule has 0 radical (unpaired) electrons. The molecule has 11 heteroatoms. The summed E-state index contributed by atoms with van der Waals surface area (Å²) in [5, 5.41) is 12.7. The van der Waals surface area contributed by atoms with Crippen molar-refractivity contribution in [1.29, 1.82) is 0 Å². The number of benzene rings is 1. The molecule has 1 unspecified atom stereocenters. The number of cyclic esters (lactones) is 1. The summed E-state index contributed by atoms with van der Waals surface area (Å²) in [5.41, 5.74) is 2.01. The van der Waals surface area contributed by atoms with E-state index in [1.54, 1.807) is 17.2 Å². The maximum absolute atomic E-state index is 12.7. The Morgan fingerprint density at radius 1 is 1.10 bits per heavy atom. The fourth-order valence-corrected chi connectivity index (χ4v) is 5.91. The number of amides is 2. The van der Waals surface area contributed by atoms with E-state index < -0.39 is 12.2 Å². The summed E-state index contributed by atoms with van der Waals surface area (Å²) in [6.07, 6.45) is 3.79. The van der Waals surface area contributed by atoms with Crippen LogP contribution in [0.1, 0.15) is 77.1 Å². The average molecular weight is 581 g/mol. The number of aromatic nitrogens is 2. The Balaban J connectivity index is 1.25. The van der Waals surface area contributed by atoms with Crippen LogP contribution in [0, 0.1) is 5.92 Å². The second kappa shape index (κ2) is 12.4. The van der Waals surface area contributed by atoms with Gasteiger partial charge in [0.2, 0.25) is 5.95 Å². The lowest BCUT2D eigenvalue weighted by Crippen LogP contribution is -2.49. The molecular weight excluding hydrogens is 536 g/mol. The molecule has 3 aliphatic rings. The van der Waals surface area contributed by atoms with Crippen LogP contribution in [-0.2, 0) is 9.47 Å². The number of carbonyl (C=O) groups is 2. The van der Waals surface area contributed by atoms with Gasteiger partial charge >= 0.3 is 12.2 Å². The molecule has 2 amide bonds. The van der Waals surface area contributed by atoms with Crippen molar-refractivity contribution in [3.05, 3.63) is 47.7 Å². The molecule has 1 saturated carbocycles. The molecule has 5 rings (SSSR count). The van der Waals surface area contributed by atoms with E-state index in [1.165, 1.54) is 23.3 Å². The van der Waals surface area contributed by atoms with E-state index >= 15 is 0 Å². The van der Waals surface area contributed by atoms with Crippen LogP contribution >= 0.6 is 0 Å². The van der Waals surface area contributed by atoms with E-state index in [4.69, 9.17) is 9.47 Å². The normalized spacial score (nSPS) is 22.0. The minimum Gasteiger partial charge on any atom is -0.465 e. The van der Waals surface area contributed by atoms with Crippen LogP contribution in [0.5, 0.6) is 0 Å². The van der Waals surface area contributed by atoms with E-state index in [-0.39, 0.29) is 30.4 Å². The molecule has 2 aromatic rings. The molecule has 2 aliphatic heterocycles. The number of carbonyl (C=O) groups excluding carboxylic acids is 1. The third-order valence-electron chi connectivity index (χ3n) is 8.32. The molecule has 1 aliphatic carbocycles. The summed E-state index contributed by atoms with van der Waals surface area (Å²) in [5.74, 6) is 1.65. The Kier molecular flexibility index (Phi) is 8.89. The van der Waals surface area contributed by atoms with Gasteiger partial charge in [-0.1, -0.05) is 37.1 Å². The molecule has 228 valence electrons. The topological polar surface area (TPSA) is 120 Å². The summed E-state index contributed by atoms with van der Waals surface area (Å²) < 4.78 is 11.5. The SMILES string of the molecule is C[C@H](Nc1nccc(N2C(=O)OC[C@@H]2[C@@H](C)OC(C)(C)C)n1)c1ccc(C(CC2CC2)N2CCN(C(=O)O)CC2)cc1. The van der Waals surface area contributed by atoms with Crippen molar-refractivity contribution in [3.8, 4) is 0 Å². The van der Waals surface area contributed by atoms with Gasteiger partial charge in [0.25, 0.3) is 0 Å². The highest BCUT2D eigenvalue weighted by Gasteiger charge is 2.40. The fourth-order valence-electron chi connectivity index (χ4n) is 5.91. The molecule has 1 aromatic carbocycles. The first-order chi connectivity index (χ1) is 20.0. The van der Waals surface area contributed by atoms with Gasteiger partial charge in [0, 0.05) is 38.4 Å². The quantitative estimate of drug-likeness (QED) is 0.385. The predicted octanol–water partition coefficient (Wildman–Crippen LogP) is 5.32. The van der Waals surface area contributed by atoms with Crippen molar-refractivity contribution in [2.75, 3.05) is 43.0 Å². The lowest BCUT2D eigenvalue weighted by atomic mass is 9.96. The van der Waals surface area contributed by atoms with Gasteiger partial charge in [-0.2, -0.15) is 4.98 Å². The van der Waals surface area contributed by atoms with Crippen LogP contribution in [0.25, 0.3) is 0 Å². The van der Waals surface area contributed by atoms with Crippen LogP contribution in [0.4, 0.5) is 21.4 Å². The van der Waals surface area contributed by atoms with Crippen molar-refractivity contribution >= 4 is 24.0 Å². The summed E-state index contributed by atoms with van der Waals surface area (Å²) in [6, 6.07) is 10.3. The highest BCUT2D eigenvalue weighted by molar-refractivity contribution is 5.89. The Labute approximate surface area is 248 Å². The number of piperazine rings is 1. The highest BCUT2D eigenvalue weighted by Crippen LogP contribution is 2.40. The first-order valence-corrected chi connectivity index (χ1v) is 15.0. The molecule has 2 N–H and O–H groups in total. The standard InChI is InChI=1S/C31H44N6O5/c1-20(33-28-32-13-12-27(34-28)37-26(19-41-30(37)40)21(2)42-31(3,4)5)23-8-10-24(11-9-23)25(18-22-6-7-22)35-14-16-36(17-15-35)29(38)39/h8-13,20-22,25-26H,6-7,14-19H2,1-5H3,(H,38,39)(H,32,33,34)/t20-,21+,25?,26+/m0/s1. The molecule has 3 fully saturated rings. The fraction of sp³-hybridized carbons (Fsp3) is 0.613. The van der Waals surface area contributed by atoms with Crippen LogP contribution in [0.15, 0.2) is 36.5 Å². The number of anilines is 2. The summed E-state index contributed by atoms with van der Waals surface area (Å²) in [4.78, 5) is 38.6. The van der Waals surface area contributed by atoms with Crippen molar-refractivity contribution in [2.24, 2.45) is 5.92 Å². The molecule has 1 aromatic heterocycles. The predicted molar refractivity (Wildman–Crippen MR) is 160 cm³/mol. The largest absolute Gasteiger partial charge is 0.465 e. The minimum atomic E-state index is -0.835. The Morgan fingerprint density at radius 3 is 2.38 bits per heavy atom. The minimum absolute atomic E-state index is 0.0697. The van der Waals surface area contributed by atoms with Crippen LogP contribution in [-0.4, -0.2) is 87.6 Å². The van der Waals surface area contributed by atoms with Crippen LogP contribution < -0.4 is 10.2 Å². The number of carboxylic acid groups (broad SMARTS) is 1. The Morgan fingerprint density at radius 2 is 1.76 bits per heavy atom. The van der Waals surface area contributed by atoms with Crippen LogP contribution in [0.3, 0.4) is 0 Å². The maximum atomic E-state index is 12.7. The Hall–Kier alpha value is -3.44. The van der Waals surface area contributed by atoms with Gasteiger partial charge < -0.3 is 24.8 Å². The first kappa shape index (κ1) is 30.0. The van der Waals surface area contributed by atoms with Gasteiger partial charge in [0.1, 0.15) is 18.5 Å². The molecule has 11 nitrogen and oxygen atoms in total. The average Bonchev–Trinajstić information content (AvgIpc) is 3.69.